The van der Waals surface area contributed by atoms with Gasteiger partial charge in [0.05, 0.1) is 5.38 Å². The summed E-state index contributed by atoms with van der Waals surface area (Å²) < 4.78 is 0. The van der Waals surface area contributed by atoms with Crippen LogP contribution in [0.2, 0.25) is 5.15 Å². The number of aromatic nitrogens is 2. The molecule has 0 aromatic carbocycles. The Kier molecular flexibility index (Phi) is 3.75. The van der Waals surface area contributed by atoms with Crippen LogP contribution in [0.4, 0.5) is 5.95 Å². The minimum absolute atomic E-state index is 0.0163. The molecule has 13 heavy (non-hydrogen) atoms. The van der Waals surface area contributed by atoms with Gasteiger partial charge in [-0.1, -0.05) is 11.6 Å². The van der Waals surface area contributed by atoms with Gasteiger partial charge < -0.3 is 5.32 Å². The van der Waals surface area contributed by atoms with Gasteiger partial charge in [0, 0.05) is 12.2 Å². The van der Waals surface area contributed by atoms with Gasteiger partial charge >= 0.3 is 0 Å². The standard InChI is InChI=1S/C8H11Cl2N3/c1-5(9)6(2)12-8-11-4-3-7(10)13-8/h3-6H,1-2H3,(H,11,12,13)/t5?,6-/m1/s1. The highest BCUT2D eigenvalue weighted by molar-refractivity contribution is 6.29. The molecule has 0 amide bonds. The molecular formula is C8H11Cl2N3. The molecule has 3 nitrogen and oxygen atoms in total. The Morgan fingerprint density at radius 1 is 1.46 bits per heavy atom. The fourth-order valence-electron chi connectivity index (χ4n) is 0.725. The lowest BCUT2D eigenvalue weighted by molar-refractivity contribution is 0.761. The van der Waals surface area contributed by atoms with Crippen LogP contribution in [0.5, 0.6) is 0 Å². The quantitative estimate of drug-likeness (QED) is 0.628. The average molecular weight is 220 g/mol. The molecule has 5 heteroatoms. The molecule has 2 atom stereocenters. The molecule has 1 rings (SSSR count). The Labute approximate surface area is 87.5 Å². The van der Waals surface area contributed by atoms with Crippen LogP contribution in [0.1, 0.15) is 13.8 Å². The molecule has 0 bridgehead atoms. The molecule has 0 saturated heterocycles. The highest BCUT2D eigenvalue weighted by Gasteiger charge is 2.09. The number of nitrogens with one attached hydrogen (secondary N) is 1. The summed E-state index contributed by atoms with van der Waals surface area (Å²) in [6, 6.07) is 1.74. The fourth-order valence-corrected chi connectivity index (χ4v) is 0.924. The Balaban J connectivity index is 2.64. The minimum Gasteiger partial charge on any atom is -0.350 e. The van der Waals surface area contributed by atoms with E-state index in [-0.39, 0.29) is 11.4 Å². The van der Waals surface area contributed by atoms with E-state index in [1.54, 1.807) is 12.3 Å². The lowest BCUT2D eigenvalue weighted by atomic mass is 10.2. The van der Waals surface area contributed by atoms with E-state index in [2.05, 4.69) is 15.3 Å². The number of halogens is 2. The van der Waals surface area contributed by atoms with Gasteiger partial charge in [-0.2, -0.15) is 0 Å². The molecule has 1 N–H and O–H groups in total. The number of anilines is 1. The van der Waals surface area contributed by atoms with E-state index in [0.29, 0.717) is 11.1 Å². The van der Waals surface area contributed by atoms with Crippen LogP contribution >= 0.6 is 23.2 Å². The summed E-state index contributed by atoms with van der Waals surface area (Å²) in [6.07, 6.45) is 1.60. The van der Waals surface area contributed by atoms with Crippen molar-refractivity contribution in [1.29, 1.82) is 0 Å². The van der Waals surface area contributed by atoms with E-state index >= 15 is 0 Å². The van der Waals surface area contributed by atoms with E-state index in [1.807, 2.05) is 13.8 Å². The third kappa shape index (κ3) is 3.36. The molecule has 0 aliphatic heterocycles. The lowest BCUT2D eigenvalue weighted by Gasteiger charge is -2.15. The second-order valence-electron chi connectivity index (χ2n) is 2.81. The molecule has 0 aliphatic carbocycles. The van der Waals surface area contributed by atoms with Gasteiger partial charge in [-0.15, -0.1) is 11.6 Å². The van der Waals surface area contributed by atoms with Crippen LogP contribution in [0.25, 0.3) is 0 Å². The number of rotatable bonds is 3. The summed E-state index contributed by atoms with van der Waals surface area (Å²) in [5.41, 5.74) is 0. The van der Waals surface area contributed by atoms with Crippen molar-refractivity contribution in [3.63, 3.8) is 0 Å². The van der Waals surface area contributed by atoms with Gasteiger partial charge in [0.15, 0.2) is 0 Å². The maximum Gasteiger partial charge on any atom is 0.224 e. The molecule has 0 aliphatic rings. The third-order valence-electron chi connectivity index (χ3n) is 1.67. The van der Waals surface area contributed by atoms with Crippen molar-refractivity contribution in [1.82, 2.24) is 9.97 Å². The summed E-state index contributed by atoms with van der Waals surface area (Å²) in [7, 11) is 0. The Bertz CT molecular complexity index is 278. The highest BCUT2D eigenvalue weighted by Crippen LogP contribution is 2.09. The first kappa shape index (κ1) is 10.5. The first-order valence-corrected chi connectivity index (χ1v) is 4.80. The number of hydrogen-bond acceptors (Lipinski definition) is 3. The summed E-state index contributed by atoms with van der Waals surface area (Å²) in [6.45, 7) is 3.87. The Hall–Kier alpha value is -0.540. The van der Waals surface area contributed by atoms with Gasteiger partial charge in [-0.25, -0.2) is 9.97 Å². The maximum atomic E-state index is 5.87. The normalized spacial score (nSPS) is 15.1. The molecule has 1 aromatic rings. The van der Waals surface area contributed by atoms with E-state index in [1.165, 1.54) is 0 Å². The van der Waals surface area contributed by atoms with Gasteiger partial charge in [0.1, 0.15) is 5.15 Å². The van der Waals surface area contributed by atoms with Crippen LogP contribution in [0.3, 0.4) is 0 Å². The first-order valence-electron chi connectivity index (χ1n) is 3.98. The summed E-state index contributed by atoms with van der Waals surface area (Å²) in [5.74, 6) is 0.507. The first-order chi connectivity index (χ1) is 6.09. The van der Waals surface area contributed by atoms with Gasteiger partial charge in [0.25, 0.3) is 0 Å². The molecular weight excluding hydrogens is 209 g/mol. The minimum atomic E-state index is 0.0163. The van der Waals surface area contributed by atoms with Gasteiger partial charge in [-0.05, 0) is 19.9 Å². The number of nitrogens with zero attached hydrogens (tertiary/aromatic N) is 2. The molecule has 0 saturated carbocycles. The second-order valence-corrected chi connectivity index (χ2v) is 3.89. The largest absolute Gasteiger partial charge is 0.350 e. The summed E-state index contributed by atoms with van der Waals surface area (Å²) in [4.78, 5) is 7.98. The van der Waals surface area contributed by atoms with Gasteiger partial charge in [-0.3, -0.25) is 0 Å². The molecule has 0 fully saturated rings. The molecule has 1 heterocycles. The van der Waals surface area contributed by atoms with Crippen molar-refractivity contribution >= 4 is 29.2 Å². The van der Waals surface area contributed by atoms with E-state index in [9.17, 15) is 0 Å². The van der Waals surface area contributed by atoms with Crippen LogP contribution < -0.4 is 5.32 Å². The summed E-state index contributed by atoms with van der Waals surface area (Å²) in [5, 5.41) is 3.48. The zero-order chi connectivity index (χ0) is 9.84. The fraction of sp³-hybridized carbons (Fsp3) is 0.500. The SMILES string of the molecule is CC(Cl)[C@@H](C)Nc1nccc(Cl)n1. The van der Waals surface area contributed by atoms with Crippen molar-refractivity contribution < 1.29 is 0 Å². The van der Waals surface area contributed by atoms with Crippen molar-refractivity contribution in [3.8, 4) is 0 Å². The molecule has 72 valence electrons. The van der Waals surface area contributed by atoms with E-state index in [0.717, 1.165) is 0 Å². The zero-order valence-electron chi connectivity index (χ0n) is 7.46. The number of alkyl halides is 1. The molecule has 1 aromatic heterocycles. The Morgan fingerprint density at radius 2 is 2.15 bits per heavy atom. The van der Waals surface area contributed by atoms with Crippen LogP contribution in [0.15, 0.2) is 12.3 Å². The topological polar surface area (TPSA) is 37.8 Å². The third-order valence-corrected chi connectivity index (χ3v) is 2.26. The van der Waals surface area contributed by atoms with Crippen molar-refractivity contribution in [2.45, 2.75) is 25.3 Å². The highest BCUT2D eigenvalue weighted by atomic mass is 35.5. The van der Waals surface area contributed by atoms with Crippen LogP contribution in [0, 0.1) is 0 Å². The lowest BCUT2D eigenvalue weighted by Crippen LogP contribution is -2.25. The number of hydrogen-bond donors (Lipinski definition) is 1. The van der Waals surface area contributed by atoms with Crippen molar-refractivity contribution in [2.24, 2.45) is 0 Å². The summed E-state index contributed by atoms with van der Waals surface area (Å²) >= 11 is 11.6. The van der Waals surface area contributed by atoms with Crippen LogP contribution in [-0.4, -0.2) is 21.4 Å². The maximum absolute atomic E-state index is 5.87. The molecule has 1 unspecified atom stereocenters. The van der Waals surface area contributed by atoms with Crippen LogP contribution in [-0.2, 0) is 0 Å². The second kappa shape index (κ2) is 4.63. The van der Waals surface area contributed by atoms with Crippen molar-refractivity contribution in [3.05, 3.63) is 17.4 Å². The predicted octanol–water partition coefficient (Wildman–Crippen LogP) is 2.56. The smallest absolute Gasteiger partial charge is 0.224 e. The predicted molar refractivity (Wildman–Crippen MR) is 55.4 cm³/mol. The zero-order valence-corrected chi connectivity index (χ0v) is 8.97. The van der Waals surface area contributed by atoms with Crippen molar-refractivity contribution in [2.75, 3.05) is 5.32 Å². The van der Waals surface area contributed by atoms with E-state index in [4.69, 9.17) is 23.2 Å². The monoisotopic (exact) mass is 219 g/mol. The molecule has 0 spiro atoms. The Morgan fingerprint density at radius 3 is 2.69 bits per heavy atom. The molecule has 0 radical (unpaired) electrons. The van der Waals surface area contributed by atoms with Gasteiger partial charge in [0.2, 0.25) is 5.95 Å². The van der Waals surface area contributed by atoms with E-state index < -0.39 is 0 Å². The average Bonchev–Trinajstić information content (AvgIpc) is 2.04.